The third-order valence-corrected chi connectivity index (χ3v) is 5.93. The Labute approximate surface area is 185 Å². The van der Waals surface area contributed by atoms with Crippen LogP contribution in [0.4, 0.5) is 5.69 Å². The Kier molecular flexibility index (Phi) is 7.37. The summed E-state index contributed by atoms with van der Waals surface area (Å²) in [6, 6.07) is 13.4. The molecular formula is C26H33NO4. The zero-order chi connectivity index (χ0) is 22.4. The monoisotopic (exact) mass is 423 g/mol. The number of esters is 1. The summed E-state index contributed by atoms with van der Waals surface area (Å²) in [6.45, 7) is 6.63. The lowest BCUT2D eigenvalue weighted by Crippen LogP contribution is -2.42. The number of amides is 1. The van der Waals surface area contributed by atoms with Crippen molar-refractivity contribution in [1.29, 1.82) is 0 Å². The van der Waals surface area contributed by atoms with Gasteiger partial charge in [-0.3, -0.25) is 4.79 Å². The van der Waals surface area contributed by atoms with Crippen molar-refractivity contribution >= 4 is 17.6 Å². The molecule has 1 amide bonds. The SMILES string of the molecule is COC(=O)c1cc(NC(=O)C2(c3cccc(C)c3)CCCCC2)ccc1OCC(C)C. The van der Waals surface area contributed by atoms with Crippen LogP contribution in [0.3, 0.4) is 0 Å². The molecule has 1 aliphatic carbocycles. The molecule has 5 heteroatoms. The number of ether oxygens (including phenoxy) is 2. The molecule has 2 aromatic rings. The molecule has 0 aliphatic heterocycles. The van der Waals surface area contributed by atoms with Crippen LogP contribution < -0.4 is 10.1 Å². The summed E-state index contributed by atoms with van der Waals surface area (Å²) in [5.74, 6) is 0.278. The van der Waals surface area contributed by atoms with Gasteiger partial charge in [-0.25, -0.2) is 4.79 Å². The maximum atomic E-state index is 13.6. The Balaban J connectivity index is 1.90. The molecule has 0 radical (unpaired) electrons. The maximum absolute atomic E-state index is 13.6. The van der Waals surface area contributed by atoms with Crippen molar-refractivity contribution in [3.8, 4) is 5.75 Å². The first kappa shape index (κ1) is 22.9. The molecule has 0 atom stereocenters. The zero-order valence-corrected chi connectivity index (χ0v) is 19.0. The van der Waals surface area contributed by atoms with Gasteiger partial charge < -0.3 is 14.8 Å². The number of anilines is 1. The molecule has 0 heterocycles. The standard InChI is InChI=1S/C26H33NO4/c1-18(2)17-31-23-12-11-21(16-22(23)24(28)30-4)27-25(29)26(13-6-5-7-14-26)20-10-8-9-19(3)15-20/h8-12,15-16,18H,5-7,13-14,17H2,1-4H3,(H,27,29). The van der Waals surface area contributed by atoms with Gasteiger partial charge in [0.25, 0.3) is 0 Å². The van der Waals surface area contributed by atoms with Gasteiger partial charge >= 0.3 is 5.97 Å². The van der Waals surface area contributed by atoms with Crippen molar-refractivity contribution < 1.29 is 19.1 Å². The van der Waals surface area contributed by atoms with E-state index < -0.39 is 11.4 Å². The summed E-state index contributed by atoms with van der Waals surface area (Å²) >= 11 is 0. The third kappa shape index (κ3) is 5.27. The van der Waals surface area contributed by atoms with E-state index in [0.29, 0.717) is 29.5 Å². The fourth-order valence-corrected chi connectivity index (χ4v) is 4.26. The third-order valence-electron chi connectivity index (χ3n) is 5.93. The van der Waals surface area contributed by atoms with Gasteiger partial charge in [-0.05, 0) is 49.4 Å². The van der Waals surface area contributed by atoms with E-state index in [0.717, 1.165) is 43.2 Å². The number of carbonyl (C=O) groups excluding carboxylic acids is 2. The molecule has 166 valence electrons. The lowest BCUT2D eigenvalue weighted by atomic mass is 9.68. The van der Waals surface area contributed by atoms with Gasteiger partial charge in [0.15, 0.2) is 0 Å². The maximum Gasteiger partial charge on any atom is 0.341 e. The largest absolute Gasteiger partial charge is 0.492 e. The van der Waals surface area contributed by atoms with Crippen molar-refractivity contribution in [2.75, 3.05) is 19.0 Å². The minimum Gasteiger partial charge on any atom is -0.492 e. The number of hydrogen-bond donors (Lipinski definition) is 1. The molecule has 5 nitrogen and oxygen atoms in total. The van der Waals surface area contributed by atoms with Crippen LogP contribution in [0, 0.1) is 12.8 Å². The highest BCUT2D eigenvalue weighted by atomic mass is 16.5. The van der Waals surface area contributed by atoms with E-state index in [4.69, 9.17) is 9.47 Å². The Morgan fingerprint density at radius 2 is 1.81 bits per heavy atom. The zero-order valence-electron chi connectivity index (χ0n) is 19.0. The van der Waals surface area contributed by atoms with E-state index in [9.17, 15) is 9.59 Å². The number of aryl methyl sites for hydroxylation is 1. The van der Waals surface area contributed by atoms with E-state index >= 15 is 0 Å². The second-order valence-corrected chi connectivity index (χ2v) is 8.87. The van der Waals surface area contributed by atoms with E-state index in [1.165, 1.54) is 7.11 Å². The molecule has 0 unspecified atom stereocenters. The molecule has 0 aromatic heterocycles. The highest BCUT2D eigenvalue weighted by Crippen LogP contribution is 2.41. The summed E-state index contributed by atoms with van der Waals surface area (Å²) in [6.07, 6.45) is 4.84. The van der Waals surface area contributed by atoms with Gasteiger partial charge in [-0.2, -0.15) is 0 Å². The Bertz CT molecular complexity index is 929. The summed E-state index contributed by atoms with van der Waals surface area (Å²) in [5, 5.41) is 3.08. The smallest absolute Gasteiger partial charge is 0.341 e. The number of rotatable bonds is 7. The van der Waals surface area contributed by atoms with Crippen molar-refractivity contribution in [3.63, 3.8) is 0 Å². The lowest BCUT2D eigenvalue weighted by molar-refractivity contribution is -0.122. The van der Waals surface area contributed by atoms with Crippen LogP contribution in [0.15, 0.2) is 42.5 Å². The average molecular weight is 424 g/mol. The topological polar surface area (TPSA) is 64.6 Å². The van der Waals surface area contributed by atoms with Crippen LogP contribution in [0.1, 0.15) is 67.4 Å². The van der Waals surface area contributed by atoms with Crippen LogP contribution in [0.25, 0.3) is 0 Å². The van der Waals surface area contributed by atoms with Gasteiger partial charge in [0.1, 0.15) is 11.3 Å². The molecule has 1 saturated carbocycles. The molecule has 3 rings (SSSR count). The molecule has 0 bridgehead atoms. The Hall–Kier alpha value is -2.82. The Morgan fingerprint density at radius 3 is 2.45 bits per heavy atom. The van der Waals surface area contributed by atoms with Crippen molar-refractivity contribution in [1.82, 2.24) is 0 Å². The van der Waals surface area contributed by atoms with Gasteiger partial charge in [-0.15, -0.1) is 0 Å². The molecule has 1 N–H and O–H groups in total. The number of carbonyl (C=O) groups is 2. The van der Waals surface area contributed by atoms with Crippen LogP contribution >= 0.6 is 0 Å². The van der Waals surface area contributed by atoms with Crippen LogP contribution in [0.5, 0.6) is 5.75 Å². The number of methoxy groups -OCH3 is 1. The predicted molar refractivity (Wildman–Crippen MR) is 123 cm³/mol. The second-order valence-electron chi connectivity index (χ2n) is 8.87. The molecule has 2 aromatic carbocycles. The fraction of sp³-hybridized carbons (Fsp3) is 0.462. The van der Waals surface area contributed by atoms with Crippen molar-refractivity contribution in [2.24, 2.45) is 5.92 Å². The van der Waals surface area contributed by atoms with Crippen LogP contribution in [-0.4, -0.2) is 25.6 Å². The minimum absolute atomic E-state index is 0.0236. The number of nitrogens with one attached hydrogen (secondary N) is 1. The average Bonchev–Trinajstić information content (AvgIpc) is 2.78. The number of benzene rings is 2. The molecule has 1 aliphatic rings. The molecule has 31 heavy (non-hydrogen) atoms. The molecule has 1 fully saturated rings. The molecule has 0 saturated heterocycles. The first-order valence-electron chi connectivity index (χ1n) is 11.1. The summed E-state index contributed by atoms with van der Waals surface area (Å²) < 4.78 is 10.7. The van der Waals surface area contributed by atoms with Gasteiger partial charge in [0.2, 0.25) is 5.91 Å². The number of hydrogen-bond acceptors (Lipinski definition) is 4. The molecular weight excluding hydrogens is 390 g/mol. The van der Waals surface area contributed by atoms with E-state index in [2.05, 4.69) is 30.4 Å². The fourth-order valence-electron chi connectivity index (χ4n) is 4.26. The predicted octanol–water partition coefficient (Wildman–Crippen LogP) is 5.66. The first-order valence-corrected chi connectivity index (χ1v) is 11.1. The van der Waals surface area contributed by atoms with Crippen LogP contribution in [0.2, 0.25) is 0 Å². The van der Waals surface area contributed by atoms with Gasteiger partial charge in [0.05, 0.1) is 19.1 Å². The highest BCUT2D eigenvalue weighted by molar-refractivity contribution is 6.01. The van der Waals surface area contributed by atoms with E-state index in [1.807, 2.05) is 19.9 Å². The highest BCUT2D eigenvalue weighted by Gasteiger charge is 2.41. The summed E-state index contributed by atoms with van der Waals surface area (Å²) in [5.41, 5.74) is 2.54. The summed E-state index contributed by atoms with van der Waals surface area (Å²) in [4.78, 5) is 25.9. The van der Waals surface area contributed by atoms with Crippen LogP contribution in [-0.2, 0) is 14.9 Å². The van der Waals surface area contributed by atoms with Gasteiger partial charge in [-0.1, -0.05) is 62.9 Å². The second kappa shape index (κ2) is 9.99. The van der Waals surface area contributed by atoms with E-state index in [-0.39, 0.29) is 5.91 Å². The normalized spacial score (nSPS) is 15.4. The lowest BCUT2D eigenvalue weighted by Gasteiger charge is -2.36. The van der Waals surface area contributed by atoms with Crippen molar-refractivity contribution in [2.45, 2.75) is 58.3 Å². The van der Waals surface area contributed by atoms with E-state index in [1.54, 1.807) is 18.2 Å². The minimum atomic E-state index is -0.553. The quantitative estimate of drug-likeness (QED) is 0.584. The van der Waals surface area contributed by atoms with Gasteiger partial charge in [0, 0.05) is 5.69 Å². The Morgan fingerprint density at radius 1 is 1.06 bits per heavy atom. The van der Waals surface area contributed by atoms with Crippen molar-refractivity contribution in [3.05, 3.63) is 59.2 Å². The first-order chi connectivity index (χ1) is 14.9. The molecule has 0 spiro atoms. The summed E-state index contributed by atoms with van der Waals surface area (Å²) in [7, 11) is 1.34.